The minimum absolute atomic E-state index is 0.225. The number of nitrogens with zero attached hydrogens (tertiary/aromatic N) is 3. The number of rotatable bonds is 8. The van der Waals surface area contributed by atoms with Crippen molar-refractivity contribution >= 4 is 21.8 Å². The Hall–Kier alpha value is -2.74. The van der Waals surface area contributed by atoms with Crippen molar-refractivity contribution in [1.82, 2.24) is 20.3 Å². The number of carbonyl (C=O) groups is 1. The average Bonchev–Trinajstić information content (AvgIpc) is 3.47. The summed E-state index contributed by atoms with van der Waals surface area (Å²) in [5.41, 5.74) is 2.14. The van der Waals surface area contributed by atoms with Crippen molar-refractivity contribution in [2.24, 2.45) is 0 Å². The molecule has 0 bridgehead atoms. The molecule has 1 amide bonds. The largest absolute Gasteiger partial charge is 0.494 e. The SMILES string of the molecule is O=C(NCCCOc1ccc(F)cc1)c1nnn(-c2ccc(Br)cc2)c1C1CC1. The summed E-state index contributed by atoms with van der Waals surface area (Å²) in [5.74, 6) is 0.395. The number of nitrogens with one attached hydrogen (secondary N) is 1. The van der Waals surface area contributed by atoms with Gasteiger partial charge in [0.15, 0.2) is 5.69 Å². The lowest BCUT2D eigenvalue weighted by Crippen LogP contribution is -2.27. The fourth-order valence-electron chi connectivity index (χ4n) is 3.03. The summed E-state index contributed by atoms with van der Waals surface area (Å²) in [6, 6.07) is 13.6. The Morgan fingerprint density at radius 1 is 1.17 bits per heavy atom. The van der Waals surface area contributed by atoms with Gasteiger partial charge in [-0.05, 0) is 67.8 Å². The normalized spacial score (nSPS) is 13.3. The molecule has 1 heterocycles. The van der Waals surface area contributed by atoms with Gasteiger partial charge in [-0.2, -0.15) is 0 Å². The van der Waals surface area contributed by atoms with E-state index in [2.05, 4.69) is 31.6 Å². The van der Waals surface area contributed by atoms with Crippen LogP contribution in [0.1, 0.15) is 41.4 Å². The predicted octanol–water partition coefficient (Wildman–Crippen LogP) is 4.25. The molecule has 1 N–H and O–H groups in total. The number of halogens is 2. The molecule has 3 aromatic rings. The summed E-state index contributed by atoms with van der Waals surface area (Å²) in [4.78, 5) is 12.7. The van der Waals surface area contributed by atoms with Gasteiger partial charge in [0.25, 0.3) is 5.91 Å². The highest BCUT2D eigenvalue weighted by Crippen LogP contribution is 2.42. The standard InChI is InChI=1S/C21H20BrFN4O2/c22-15-4-8-17(9-5-15)27-20(14-2-3-14)19(25-26-27)21(28)24-12-1-13-29-18-10-6-16(23)7-11-18/h4-11,14H,1-3,12-13H2,(H,24,28). The van der Waals surface area contributed by atoms with Crippen molar-refractivity contribution in [2.75, 3.05) is 13.2 Å². The molecule has 2 aromatic carbocycles. The van der Waals surface area contributed by atoms with Crippen LogP contribution in [0.15, 0.2) is 53.0 Å². The molecule has 0 saturated heterocycles. The molecule has 0 unspecified atom stereocenters. The fraction of sp³-hybridized carbons (Fsp3) is 0.286. The molecule has 1 aromatic heterocycles. The Labute approximate surface area is 176 Å². The van der Waals surface area contributed by atoms with Crippen molar-refractivity contribution in [3.63, 3.8) is 0 Å². The van der Waals surface area contributed by atoms with Crippen LogP contribution >= 0.6 is 15.9 Å². The first-order valence-corrected chi connectivity index (χ1v) is 10.3. The van der Waals surface area contributed by atoms with Crippen LogP contribution in [0, 0.1) is 5.82 Å². The number of benzene rings is 2. The first kappa shape index (κ1) is 19.6. The Morgan fingerprint density at radius 2 is 1.90 bits per heavy atom. The van der Waals surface area contributed by atoms with Crippen LogP contribution in [0.2, 0.25) is 0 Å². The molecular formula is C21H20BrFN4O2. The van der Waals surface area contributed by atoms with Gasteiger partial charge in [0.1, 0.15) is 11.6 Å². The highest BCUT2D eigenvalue weighted by molar-refractivity contribution is 9.10. The predicted molar refractivity (Wildman–Crippen MR) is 110 cm³/mol. The third-order valence-corrected chi connectivity index (χ3v) is 5.17. The molecule has 0 radical (unpaired) electrons. The van der Waals surface area contributed by atoms with Crippen molar-refractivity contribution in [1.29, 1.82) is 0 Å². The van der Waals surface area contributed by atoms with E-state index in [0.717, 1.165) is 28.7 Å². The average molecular weight is 459 g/mol. The van der Waals surface area contributed by atoms with Crippen LogP contribution in [-0.2, 0) is 0 Å². The zero-order valence-corrected chi connectivity index (χ0v) is 17.2. The van der Waals surface area contributed by atoms with Crippen LogP contribution in [0.3, 0.4) is 0 Å². The van der Waals surface area contributed by atoms with Crippen LogP contribution < -0.4 is 10.1 Å². The van der Waals surface area contributed by atoms with Crippen LogP contribution in [0.5, 0.6) is 5.75 Å². The van der Waals surface area contributed by atoms with Gasteiger partial charge in [0.2, 0.25) is 0 Å². The van der Waals surface area contributed by atoms with E-state index >= 15 is 0 Å². The maximum Gasteiger partial charge on any atom is 0.273 e. The number of carbonyl (C=O) groups excluding carboxylic acids is 1. The van der Waals surface area contributed by atoms with E-state index in [1.165, 1.54) is 12.1 Å². The molecular weight excluding hydrogens is 439 g/mol. The van der Waals surface area contributed by atoms with Gasteiger partial charge in [-0.3, -0.25) is 4.79 Å². The second kappa shape index (κ2) is 8.73. The minimum atomic E-state index is -0.299. The molecule has 8 heteroatoms. The Kier molecular flexibility index (Phi) is 5.89. The maximum atomic E-state index is 12.9. The summed E-state index contributed by atoms with van der Waals surface area (Å²) < 4.78 is 21.2. The number of amides is 1. The smallest absolute Gasteiger partial charge is 0.273 e. The van der Waals surface area contributed by atoms with Crippen molar-refractivity contribution < 1.29 is 13.9 Å². The van der Waals surface area contributed by atoms with Gasteiger partial charge in [-0.25, -0.2) is 9.07 Å². The highest BCUT2D eigenvalue weighted by atomic mass is 79.9. The summed E-state index contributed by atoms with van der Waals surface area (Å²) in [7, 11) is 0. The molecule has 0 atom stereocenters. The molecule has 29 heavy (non-hydrogen) atoms. The van der Waals surface area contributed by atoms with E-state index < -0.39 is 0 Å². The molecule has 1 aliphatic carbocycles. The third kappa shape index (κ3) is 4.82. The summed E-state index contributed by atoms with van der Waals surface area (Å²) in [6.45, 7) is 0.877. The second-order valence-electron chi connectivity index (χ2n) is 6.90. The summed E-state index contributed by atoms with van der Waals surface area (Å²) >= 11 is 3.43. The van der Waals surface area contributed by atoms with Crippen molar-refractivity contribution in [3.8, 4) is 11.4 Å². The summed E-state index contributed by atoms with van der Waals surface area (Å²) in [6.07, 6.45) is 2.70. The first-order chi connectivity index (χ1) is 14.1. The molecule has 6 nitrogen and oxygen atoms in total. The highest BCUT2D eigenvalue weighted by Gasteiger charge is 2.34. The van der Waals surface area contributed by atoms with Gasteiger partial charge >= 0.3 is 0 Å². The first-order valence-electron chi connectivity index (χ1n) is 9.50. The van der Waals surface area contributed by atoms with Gasteiger partial charge in [-0.1, -0.05) is 21.1 Å². The lowest BCUT2D eigenvalue weighted by atomic mass is 10.2. The third-order valence-electron chi connectivity index (χ3n) is 4.64. The quantitative estimate of drug-likeness (QED) is 0.512. The van der Waals surface area contributed by atoms with Crippen LogP contribution in [0.4, 0.5) is 4.39 Å². The van der Waals surface area contributed by atoms with E-state index in [1.54, 1.807) is 16.8 Å². The van der Waals surface area contributed by atoms with E-state index in [1.807, 2.05) is 24.3 Å². The zero-order chi connectivity index (χ0) is 20.2. The maximum absolute atomic E-state index is 12.9. The van der Waals surface area contributed by atoms with Crippen molar-refractivity contribution in [2.45, 2.75) is 25.2 Å². The molecule has 1 fully saturated rings. The molecule has 1 aliphatic rings. The van der Waals surface area contributed by atoms with Gasteiger partial charge in [0, 0.05) is 16.9 Å². The van der Waals surface area contributed by atoms with Gasteiger partial charge in [0.05, 0.1) is 18.0 Å². The Bertz CT molecular complexity index is 985. The molecule has 4 rings (SSSR count). The lowest BCUT2D eigenvalue weighted by molar-refractivity contribution is 0.0945. The fourth-order valence-corrected chi connectivity index (χ4v) is 3.29. The molecule has 1 saturated carbocycles. The van der Waals surface area contributed by atoms with Gasteiger partial charge < -0.3 is 10.1 Å². The van der Waals surface area contributed by atoms with Crippen LogP contribution in [-0.4, -0.2) is 34.1 Å². The van der Waals surface area contributed by atoms with E-state index in [9.17, 15) is 9.18 Å². The van der Waals surface area contributed by atoms with E-state index in [-0.39, 0.29) is 11.7 Å². The Morgan fingerprint density at radius 3 is 2.59 bits per heavy atom. The van der Waals surface area contributed by atoms with E-state index in [0.29, 0.717) is 36.9 Å². The van der Waals surface area contributed by atoms with Gasteiger partial charge in [-0.15, -0.1) is 5.10 Å². The number of aromatic nitrogens is 3. The second-order valence-corrected chi connectivity index (χ2v) is 7.81. The Balaban J connectivity index is 1.35. The number of hydrogen-bond acceptors (Lipinski definition) is 4. The molecule has 0 spiro atoms. The van der Waals surface area contributed by atoms with Crippen molar-refractivity contribution in [3.05, 3.63) is 70.2 Å². The lowest BCUT2D eigenvalue weighted by Gasteiger charge is -2.09. The topological polar surface area (TPSA) is 69.0 Å². The monoisotopic (exact) mass is 458 g/mol. The zero-order valence-electron chi connectivity index (χ0n) is 15.6. The minimum Gasteiger partial charge on any atom is -0.494 e. The number of ether oxygens (including phenoxy) is 1. The molecule has 150 valence electrons. The van der Waals surface area contributed by atoms with E-state index in [4.69, 9.17) is 4.74 Å². The van der Waals surface area contributed by atoms with Crippen LogP contribution in [0.25, 0.3) is 5.69 Å². The number of hydrogen-bond donors (Lipinski definition) is 1. The molecule has 0 aliphatic heterocycles. The summed E-state index contributed by atoms with van der Waals surface area (Å²) in [5, 5.41) is 11.3.